The highest BCUT2D eigenvalue weighted by atomic mass is 16.1. The summed E-state index contributed by atoms with van der Waals surface area (Å²) in [7, 11) is 0. The van der Waals surface area contributed by atoms with Crippen LogP contribution in [-0.4, -0.2) is 5.78 Å². The Morgan fingerprint density at radius 3 is 1.90 bits per heavy atom. The predicted molar refractivity (Wildman–Crippen MR) is 85.8 cm³/mol. The Morgan fingerprint density at radius 2 is 1.40 bits per heavy atom. The average Bonchev–Trinajstić information content (AvgIpc) is 2.39. The molecule has 0 radical (unpaired) electrons. The molecule has 2 rings (SSSR count). The van der Waals surface area contributed by atoms with Crippen LogP contribution >= 0.6 is 0 Å². The van der Waals surface area contributed by atoms with Gasteiger partial charge in [0.15, 0.2) is 5.78 Å². The van der Waals surface area contributed by atoms with Crippen LogP contribution in [0.4, 0.5) is 0 Å². The second-order valence-corrected chi connectivity index (χ2v) is 5.45. The van der Waals surface area contributed by atoms with Crippen molar-refractivity contribution in [3.05, 3.63) is 68.6 Å². The number of hydrogen-bond donors (Lipinski definition) is 0. The van der Waals surface area contributed by atoms with E-state index in [2.05, 4.69) is 44.7 Å². The van der Waals surface area contributed by atoms with Gasteiger partial charge < -0.3 is 0 Å². The van der Waals surface area contributed by atoms with E-state index in [1.165, 1.54) is 11.1 Å². The molecule has 0 aliphatic heterocycles. The highest BCUT2D eigenvalue weighted by Gasteiger charge is 2.11. The van der Waals surface area contributed by atoms with Gasteiger partial charge in [-0.05, 0) is 78.1 Å². The summed E-state index contributed by atoms with van der Waals surface area (Å²) in [5.74, 6) is 0.134. The van der Waals surface area contributed by atoms with Crippen LogP contribution in [0, 0.1) is 13.8 Å². The molecule has 0 bridgehead atoms. The number of aryl methyl sites for hydroxylation is 2. The molecule has 0 fully saturated rings. The standard InChI is InChI=1S/C19H20O/c1-12-8-17(9-13(2)16(12)5)6-7-18-10-14(3)19(20)15(4)11-18/h6-11H,5H2,1-4H3. The lowest BCUT2D eigenvalue weighted by atomic mass is 9.95. The number of rotatable bonds is 1. The van der Waals surface area contributed by atoms with Gasteiger partial charge in [-0.2, -0.15) is 0 Å². The molecule has 0 aromatic heterocycles. The third-order valence-electron chi connectivity index (χ3n) is 3.67. The molecule has 102 valence electrons. The first-order valence-corrected chi connectivity index (χ1v) is 6.78. The van der Waals surface area contributed by atoms with Gasteiger partial charge in [0.2, 0.25) is 0 Å². The van der Waals surface area contributed by atoms with E-state index in [9.17, 15) is 4.79 Å². The van der Waals surface area contributed by atoms with Crippen LogP contribution in [0.15, 0.2) is 47.1 Å². The maximum Gasteiger partial charge on any atom is 0.184 e. The second-order valence-electron chi connectivity index (χ2n) is 5.45. The fourth-order valence-electron chi connectivity index (χ4n) is 2.40. The van der Waals surface area contributed by atoms with Crippen molar-refractivity contribution >= 4 is 18.4 Å². The third kappa shape index (κ3) is 2.88. The normalized spacial score (nSPS) is 14.8. The summed E-state index contributed by atoms with van der Waals surface area (Å²) < 4.78 is 0. The van der Waals surface area contributed by atoms with Crippen LogP contribution < -0.4 is 10.4 Å². The summed E-state index contributed by atoms with van der Waals surface area (Å²) in [5, 5.41) is 2.26. The van der Waals surface area contributed by atoms with Gasteiger partial charge in [-0.3, -0.25) is 4.79 Å². The summed E-state index contributed by atoms with van der Waals surface area (Å²) in [6.07, 6.45) is 8.00. The van der Waals surface area contributed by atoms with Crippen molar-refractivity contribution in [2.24, 2.45) is 0 Å². The van der Waals surface area contributed by atoms with Gasteiger partial charge in [-0.25, -0.2) is 0 Å². The molecule has 0 heterocycles. The molecule has 0 saturated carbocycles. The highest BCUT2D eigenvalue weighted by Crippen LogP contribution is 2.17. The van der Waals surface area contributed by atoms with E-state index in [4.69, 9.17) is 0 Å². The van der Waals surface area contributed by atoms with Crippen LogP contribution in [-0.2, 0) is 4.79 Å². The first kappa shape index (κ1) is 14.3. The fraction of sp³-hybridized carbons (Fsp3) is 0.211. The minimum Gasteiger partial charge on any atom is -0.289 e. The SMILES string of the molecule is C=c1c(C)cc(=CC=C2C=C(C)C(=O)C(C)=C2)cc1C. The van der Waals surface area contributed by atoms with Crippen LogP contribution in [0.2, 0.25) is 0 Å². The van der Waals surface area contributed by atoms with Gasteiger partial charge in [0.05, 0.1) is 0 Å². The summed E-state index contributed by atoms with van der Waals surface area (Å²) in [4.78, 5) is 11.7. The molecule has 0 amide bonds. The van der Waals surface area contributed by atoms with Gasteiger partial charge in [0.25, 0.3) is 0 Å². The zero-order valence-corrected chi connectivity index (χ0v) is 12.6. The molecule has 1 nitrogen and oxygen atoms in total. The monoisotopic (exact) mass is 264 g/mol. The molecule has 20 heavy (non-hydrogen) atoms. The first-order valence-electron chi connectivity index (χ1n) is 6.78. The smallest absolute Gasteiger partial charge is 0.184 e. The molecule has 1 heteroatoms. The van der Waals surface area contributed by atoms with Crippen molar-refractivity contribution in [1.29, 1.82) is 0 Å². The number of hydrogen-bond acceptors (Lipinski definition) is 1. The van der Waals surface area contributed by atoms with E-state index >= 15 is 0 Å². The highest BCUT2D eigenvalue weighted by molar-refractivity contribution is 6.09. The molecule has 0 atom stereocenters. The van der Waals surface area contributed by atoms with E-state index in [-0.39, 0.29) is 5.78 Å². The zero-order valence-electron chi connectivity index (χ0n) is 12.6. The molecule has 1 aliphatic rings. The van der Waals surface area contributed by atoms with Crippen molar-refractivity contribution < 1.29 is 4.79 Å². The summed E-state index contributed by atoms with van der Waals surface area (Å²) in [6.45, 7) is 11.9. The summed E-state index contributed by atoms with van der Waals surface area (Å²) in [5.41, 5.74) is 5.06. The Labute approximate surface area is 120 Å². The van der Waals surface area contributed by atoms with E-state index in [1.54, 1.807) is 0 Å². The molecule has 0 N–H and O–H groups in total. The van der Waals surface area contributed by atoms with Crippen LogP contribution in [0.1, 0.15) is 25.0 Å². The van der Waals surface area contributed by atoms with Crippen LogP contribution in [0.25, 0.3) is 12.7 Å². The molecular formula is C19H20O. The number of carbonyl (C=O) groups excluding carboxylic acids is 1. The quantitative estimate of drug-likeness (QED) is 0.762. The van der Waals surface area contributed by atoms with Gasteiger partial charge in [0, 0.05) is 0 Å². The Hall–Kier alpha value is -2.15. The van der Waals surface area contributed by atoms with Crippen molar-refractivity contribution in [1.82, 2.24) is 0 Å². The summed E-state index contributed by atoms with van der Waals surface area (Å²) in [6, 6.07) is 4.26. The maximum absolute atomic E-state index is 11.7. The zero-order chi connectivity index (χ0) is 14.9. The minimum atomic E-state index is 0.134. The molecular weight excluding hydrogens is 244 g/mol. The van der Waals surface area contributed by atoms with Gasteiger partial charge in [0.1, 0.15) is 0 Å². The van der Waals surface area contributed by atoms with Gasteiger partial charge in [-0.1, -0.05) is 30.9 Å². The van der Waals surface area contributed by atoms with E-state index in [1.807, 2.05) is 26.0 Å². The molecule has 1 aromatic carbocycles. The molecule has 0 spiro atoms. The Morgan fingerprint density at radius 1 is 0.900 bits per heavy atom. The van der Waals surface area contributed by atoms with E-state index in [0.717, 1.165) is 27.2 Å². The van der Waals surface area contributed by atoms with Crippen molar-refractivity contribution in [2.45, 2.75) is 27.7 Å². The topological polar surface area (TPSA) is 17.1 Å². The minimum absolute atomic E-state index is 0.134. The molecule has 1 aliphatic carbocycles. The number of Topliss-reactive ketones (excluding diaryl/α,β-unsaturated/α-hetero) is 1. The third-order valence-corrected chi connectivity index (χ3v) is 3.67. The van der Waals surface area contributed by atoms with Crippen molar-refractivity contribution in [3.8, 4) is 0 Å². The number of ketones is 1. The molecule has 1 aromatic rings. The number of benzene rings is 1. The van der Waals surface area contributed by atoms with Crippen LogP contribution in [0.5, 0.6) is 0 Å². The van der Waals surface area contributed by atoms with Crippen molar-refractivity contribution in [3.63, 3.8) is 0 Å². The average molecular weight is 264 g/mol. The lowest BCUT2D eigenvalue weighted by molar-refractivity contribution is -0.112. The number of allylic oxidation sites excluding steroid dienone is 6. The lowest BCUT2D eigenvalue weighted by Gasteiger charge is -2.08. The van der Waals surface area contributed by atoms with Gasteiger partial charge in [-0.15, -0.1) is 0 Å². The predicted octanol–water partition coefficient (Wildman–Crippen LogP) is 2.90. The Balaban J connectivity index is 2.46. The largest absolute Gasteiger partial charge is 0.289 e. The van der Waals surface area contributed by atoms with Crippen LogP contribution in [0.3, 0.4) is 0 Å². The second kappa shape index (κ2) is 5.46. The Kier molecular flexibility index (Phi) is 3.89. The van der Waals surface area contributed by atoms with E-state index < -0.39 is 0 Å². The fourth-order valence-corrected chi connectivity index (χ4v) is 2.40. The maximum atomic E-state index is 11.7. The summed E-state index contributed by atoms with van der Waals surface area (Å²) >= 11 is 0. The number of carbonyl (C=O) groups is 1. The van der Waals surface area contributed by atoms with E-state index in [0.29, 0.717) is 0 Å². The lowest BCUT2D eigenvalue weighted by Crippen LogP contribution is -2.14. The molecule has 0 unspecified atom stereocenters. The van der Waals surface area contributed by atoms with Crippen molar-refractivity contribution in [2.75, 3.05) is 0 Å². The molecule has 0 saturated heterocycles. The van der Waals surface area contributed by atoms with Gasteiger partial charge >= 0.3 is 0 Å². The Bertz CT molecular complexity index is 717. The first-order chi connectivity index (χ1) is 9.38.